The fourth-order valence-electron chi connectivity index (χ4n) is 1.78. The zero-order valence-electron chi connectivity index (χ0n) is 9.91. The molecule has 2 rings (SSSR count). The molecule has 1 aromatic rings. The Morgan fingerprint density at radius 3 is 2.71 bits per heavy atom. The number of rotatable bonds is 3. The van der Waals surface area contributed by atoms with Crippen LogP contribution in [0.3, 0.4) is 0 Å². The Morgan fingerprint density at radius 1 is 1.41 bits per heavy atom. The summed E-state index contributed by atoms with van der Waals surface area (Å²) in [6, 6.07) is 0. The summed E-state index contributed by atoms with van der Waals surface area (Å²) in [7, 11) is 2.05. The van der Waals surface area contributed by atoms with Crippen molar-refractivity contribution in [3.63, 3.8) is 0 Å². The molecule has 0 aliphatic carbocycles. The second-order valence-electron chi connectivity index (χ2n) is 4.25. The van der Waals surface area contributed by atoms with E-state index in [1.54, 1.807) is 6.20 Å². The number of hydrogen-bond acceptors (Lipinski definition) is 5. The molecule has 1 aromatic heterocycles. The summed E-state index contributed by atoms with van der Waals surface area (Å²) in [5.74, 6) is 0.0486. The van der Waals surface area contributed by atoms with Gasteiger partial charge < -0.3 is 14.9 Å². The van der Waals surface area contributed by atoms with Gasteiger partial charge in [-0.15, -0.1) is 5.10 Å². The number of nitrogens with zero attached hydrogens (tertiary/aromatic N) is 5. The van der Waals surface area contributed by atoms with Gasteiger partial charge in [-0.1, -0.05) is 5.21 Å². The number of likely N-dealkylation sites (N-methyl/N-ethyl adjacent to an activating group) is 1. The van der Waals surface area contributed by atoms with Crippen molar-refractivity contribution in [1.29, 1.82) is 0 Å². The van der Waals surface area contributed by atoms with E-state index in [1.807, 2.05) is 11.9 Å². The van der Waals surface area contributed by atoms with Crippen LogP contribution in [0.4, 0.5) is 0 Å². The number of aromatic nitrogens is 3. The summed E-state index contributed by atoms with van der Waals surface area (Å²) in [5.41, 5.74) is 0.483. The minimum Gasteiger partial charge on any atom is -0.390 e. The van der Waals surface area contributed by atoms with E-state index in [4.69, 9.17) is 5.11 Å². The summed E-state index contributed by atoms with van der Waals surface area (Å²) < 4.78 is 1.46. The Balaban J connectivity index is 1.88. The summed E-state index contributed by atoms with van der Waals surface area (Å²) >= 11 is 0. The van der Waals surface area contributed by atoms with Crippen LogP contribution in [-0.4, -0.2) is 69.0 Å². The Kier molecular flexibility index (Phi) is 3.70. The van der Waals surface area contributed by atoms with E-state index < -0.39 is 0 Å². The maximum atomic E-state index is 11.9. The second kappa shape index (κ2) is 5.24. The minimum atomic E-state index is -0.150. The minimum absolute atomic E-state index is 0.0486. The van der Waals surface area contributed by atoms with Gasteiger partial charge in [0.1, 0.15) is 12.2 Å². The fraction of sp³-hybridized carbons (Fsp3) is 0.700. The highest BCUT2D eigenvalue weighted by Crippen LogP contribution is 2.01. The molecule has 17 heavy (non-hydrogen) atoms. The zero-order valence-corrected chi connectivity index (χ0v) is 9.91. The predicted molar refractivity (Wildman–Crippen MR) is 60.0 cm³/mol. The molecule has 7 heteroatoms. The van der Waals surface area contributed by atoms with Crippen molar-refractivity contribution in [1.82, 2.24) is 24.8 Å². The molecule has 1 saturated heterocycles. The van der Waals surface area contributed by atoms with Crippen LogP contribution in [0, 0.1) is 0 Å². The highest BCUT2D eigenvalue weighted by atomic mass is 16.3. The summed E-state index contributed by atoms with van der Waals surface area (Å²) in [5, 5.41) is 16.4. The fourth-order valence-corrected chi connectivity index (χ4v) is 1.78. The highest BCUT2D eigenvalue weighted by Gasteiger charge is 2.19. The first-order valence-corrected chi connectivity index (χ1v) is 5.65. The van der Waals surface area contributed by atoms with Crippen LogP contribution < -0.4 is 0 Å². The van der Waals surface area contributed by atoms with Crippen LogP contribution in [0.1, 0.15) is 5.69 Å². The van der Waals surface area contributed by atoms with Crippen molar-refractivity contribution in [3.05, 3.63) is 11.9 Å². The lowest BCUT2D eigenvalue weighted by atomic mass is 10.3. The molecule has 1 amide bonds. The normalized spacial score (nSPS) is 17.4. The van der Waals surface area contributed by atoms with Crippen molar-refractivity contribution < 1.29 is 9.90 Å². The first-order chi connectivity index (χ1) is 8.19. The molecular weight excluding hydrogens is 222 g/mol. The standard InChI is InChI=1S/C10H17N5O2/c1-13-2-4-14(5-3-13)10(17)7-15-6-9(8-16)11-12-15/h6,16H,2-5,7-8H2,1H3. The van der Waals surface area contributed by atoms with Crippen LogP contribution >= 0.6 is 0 Å². The van der Waals surface area contributed by atoms with E-state index in [2.05, 4.69) is 15.2 Å². The van der Waals surface area contributed by atoms with Crippen molar-refractivity contribution in [2.45, 2.75) is 13.2 Å². The Labute approximate surface area is 99.6 Å². The largest absolute Gasteiger partial charge is 0.390 e. The van der Waals surface area contributed by atoms with Gasteiger partial charge in [0.2, 0.25) is 5.91 Å². The molecule has 0 aromatic carbocycles. The van der Waals surface area contributed by atoms with Gasteiger partial charge in [-0.25, -0.2) is 4.68 Å². The molecule has 94 valence electrons. The van der Waals surface area contributed by atoms with Gasteiger partial charge in [-0.05, 0) is 7.05 Å². The van der Waals surface area contributed by atoms with E-state index in [1.165, 1.54) is 4.68 Å². The molecule has 7 nitrogen and oxygen atoms in total. The maximum absolute atomic E-state index is 11.9. The lowest BCUT2D eigenvalue weighted by molar-refractivity contribution is -0.133. The molecule has 1 fully saturated rings. The predicted octanol–water partition coefficient (Wildman–Crippen LogP) is -1.46. The lowest BCUT2D eigenvalue weighted by Gasteiger charge is -2.32. The van der Waals surface area contributed by atoms with Crippen LogP contribution in [0.2, 0.25) is 0 Å². The summed E-state index contributed by atoms with van der Waals surface area (Å²) in [6.45, 7) is 3.38. The van der Waals surface area contributed by atoms with Gasteiger partial charge >= 0.3 is 0 Å². The smallest absolute Gasteiger partial charge is 0.244 e. The van der Waals surface area contributed by atoms with Gasteiger partial charge in [0, 0.05) is 26.2 Å². The molecule has 1 aliphatic rings. The first kappa shape index (κ1) is 12.0. The van der Waals surface area contributed by atoms with Gasteiger partial charge in [-0.3, -0.25) is 4.79 Å². The van der Waals surface area contributed by atoms with E-state index in [0.29, 0.717) is 5.69 Å². The van der Waals surface area contributed by atoms with Gasteiger partial charge in [0.05, 0.1) is 12.8 Å². The molecule has 0 saturated carbocycles. The molecule has 0 atom stereocenters. The highest BCUT2D eigenvalue weighted by molar-refractivity contribution is 5.76. The molecule has 0 bridgehead atoms. The van der Waals surface area contributed by atoms with E-state index in [-0.39, 0.29) is 19.1 Å². The average Bonchev–Trinajstić information content (AvgIpc) is 2.77. The summed E-state index contributed by atoms with van der Waals surface area (Å²) in [4.78, 5) is 16.0. The third kappa shape index (κ3) is 3.01. The number of aliphatic hydroxyl groups is 1. The van der Waals surface area contributed by atoms with Gasteiger partial charge in [0.15, 0.2) is 0 Å². The molecule has 1 aliphatic heterocycles. The lowest BCUT2D eigenvalue weighted by Crippen LogP contribution is -2.48. The number of carbonyl (C=O) groups is 1. The number of piperazine rings is 1. The van der Waals surface area contributed by atoms with E-state index in [9.17, 15) is 4.79 Å². The van der Waals surface area contributed by atoms with Crippen molar-refractivity contribution >= 4 is 5.91 Å². The maximum Gasteiger partial charge on any atom is 0.244 e. The van der Waals surface area contributed by atoms with Crippen molar-refractivity contribution in [3.8, 4) is 0 Å². The van der Waals surface area contributed by atoms with E-state index in [0.717, 1.165) is 26.2 Å². The van der Waals surface area contributed by atoms with Crippen LogP contribution in [-0.2, 0) is 17.9 Å². The van der Waals surface area contributed by atoms with Gasteiger partial charge in [0.25, 0.3) is 0 Å². The number of carbonyl (C=O) groups excluding carboxylic acids is 1. The molecule has 2 heterocycles. The zero-order chi connectivity index (χ0) is 12.3. The summed E-state index contributed by atoms with van der Waals surface area (Å²) in [6.07, 6.45) is 1.59. The molecule has 0 spiro atoms. The van der Waals surface area contributed by atoms with Gasteiger partial charge in [-0.2, -0.15) is 0 Å². The Bertz CT molecular complexity index is 384. The Morgan fingerprint density at radius 2 is 2.12 bits per heavy atom. The topological polar surface area (TPSA) is 74.5 Å². The third-order valence-corrected chi connectivity index (χ3v) is 2.90. The Hall–Kier alpha value is -1.47. The number of hydrogen-bond donors (Lipinski definition) is 1. The molecule has 1 N–H and O–H groups in total. The average molecular weight is 239 g/mol. The van der Waals surface area contributed by atoms with Crippen molar-refractivity contribution in [2.75, 3.05) is 33.2 Å². The second-order valence-corrected chi connectivity index (χ2v) is 4.25. The number of aliphatic hydroxyl groups excluding tert-OH is 1. The molecule has 0 radical (unpaired) electrons. The first-order valence-electron chi connectivity index (χ1n) is 5.65. The van der Waals surface area contributed by atoms with Crippen LogP contribution in [0.15, 0.2) is 6.20 Å². The molecular formula is C10H17N5O2. The van der Waals surface area contributed by atoms with Crippen molar-refractivity contribution in [2.24, 2.45) is 0 Å². The monoisotopic (exact) mass is 239 g/mol. The quantitative estimate of drug-likeness (QED) is 0.698. The third-order valence-electron chi connectivity index (χ3n) is 2.90. The molecule has 0 unspecified atom stereocenters. The van der Waals surface area contributed by atoms with Crippen LogP contribution in [0.25, 0.3) is 0 Å². The number of amides is 1. The van der Waals surface area contributed by atoms with E-state index >= 15 is 0 Å². The SMILES string of the molecule is CN1CCN(C(=O)Cn2cc(CO)nn2)CC1. The van der Waals surface area contributed by atoms with Crippen LogP contribution in [0.5, 0.6) is 0 Å².